The van der Waals surface area contributed by atoms with Gasteiger partial charge in [0.25, 0.3) is 0 Å². The van der Waals surface area contributed by atoms with Gasteiger partial charge in [0.2, 0.25) is 0 Å². The number of aryl methyl sites for hydroxylation is 1. The summed E-state index contributed by atoms with van der Waals surface area (Å²) in [5.74, 6) is 1.02. The third-order valence-corrected chi connectivity index (χ3v) is 5.14. The van der Waals surface area contributed by atoms with Crippen molar-refractivity contribution in [2.24, 2.45) is 7.05 Å². The highest BCUT2D eigenvalue weighted by Crippen LogP contribution is 2.34. The van der Waals surface area contributed by atoms with E-state index in [9.17, 15) is 0 Å². The second-order valence-corrected chi connectivity index (χ2v) is 7.03. The number of pyridine rings is 1. The molecule has 2 aromatic heterocycles. The summed E-state index contributed by atoms with van der Waals surface area (Å²) in [4.78, 5) is 8.89. The summed E-state index contributed by atoms with van der Waals surface area (Å²) in [5.41, 5.74) is 6.90. The van der Waals surface area contributed by atoms with Crippen LogP contribution in [0.3, 0.4) is 0 Å². The highest BCUT2D eigenvalue weighted by molar-refractivity contribution is 7.97. The molecule has 5 nitrogen and oxygen atoms in total. The summed E-state index contributed by atoms with van der Waals surface area (Å²) in [7, 11) is 2.02. The van der Waals surface area contributed by atoms with Crippen LogP contribution in [-0.4, -0.2) is 26.9 Å². The maximum atomic E-state index is 5.84. The molecule has 1 aliphatic heterocycles. The fourth-order valence-electron chi connectivity index (χ4n) is 3.16. The quantitative estimate of drug-likeness (QED) is 0.737. The average molecular weight is 340 g/mol. The molecule has 1 aromatic carbocycles. The SMILES string of the molecule is CCSNC1COCc2c(-c3ccc4ncn(C)c4c3)cncc21. The first kappa shape index (κ1) is 15.6. The summed E-state index contributed by atoms with van der Waals surface area (Å²) in [6, 6.07) is 6.55. The van der Waals surface area contributed by atoms with Crippen LogP contribution < -0.4 is 4.72 Å². The van der Waals surface area contributed by atoms with E-state index in [0.717, 1.165) is 27.9 Å². The molecular weight excluding hydrogens is 320 g/mol. The molecule has 124 valence electrons. The van der Waals surface area contributed by atoms with Gasteiger partial charge in [-0.05, 0) is 28.8 Å². The van der Waals surface area contributed by atoms with Crippen molar-refractivity contribution < 1.29 is 4.74 Å². The number of nitrogens with one attached hydrogen (secondary N) is 1. The minimum atomic E-state index is 0.187. The molecule has 0 saturated heterocycles. The van der Waals surface area contributed by atoms with Crippen molar-refractivity contribution in [3.63, 3.8) is 0 Å². The van der Waals surface area contributed by atoms with Crippen molar-refractivity contribution in [2.45, 2.75) is 19.6 Å². The largest absolute Gasteiger partial charge is 0.375 e. The van der Waals surface area contributed by atoms with Crippen LogP contribution in [0.15, 0.2) is 36.9 Å². The number of hydrogen-bond donors (Lipinski definition) is 1. The molecule has 0 bridgehead atoms. The topological polar surface area (TPSA) is 52.0 Å². The van der Waals surface area contributed by atoms with Crippen molar-refractivity contribution in [1.29, 1.82) is 0 Å². The lowest BCUT2D eigenvalue weighted by Gasteiger charge is -2.27. The van der Waals surface area contributed by atoms with Gasteiger partial charge in [-0.15, -0.1) is 0 Å². The number of nitrogens with zero attached hydrogens (tertiary/aromatic N) is 3. The summed E-state index contributed by atoms with van der Waals surface area (Å²) in [5, 5.41) is 0. The first-order chi connectivity index (χ1) is 11.8. The van der Waals surface area contributed by atoms with E-state index in [0.29, 0.717) is 13.2 Å². The Labute approximate surface area is 145 Å². The van der Waals surface area contributed by atoms with Crippen LogP contribution in [0, 0.1) is 0 Å². The fraction of sp³-hybridized carbons (Fsp3) is 0.333. The van der Waals surface area contributed by atoms with E-state index in [-0.39, 0.29) is 6.04 Å². The molecule has 24 heavy (non-hydrogen) atoms. The van der Waals surface area contributed by atoms with Crippen LogP contribution >= 0.6 is 11.9 Å². The lowest BCUT2D eigenvalue weighted by atomic mass is 9.94. The summed E-state index contributed by atoms with van der Waals surface area (Å²) in [6.45, 7) is 3.46. The Bertz CT molecular complexity index is 877. The predicted octanol–water partition coefficient (Wildman–Crippen LogP) is 3.46. The molecule has 6 heteroatoms. The van der Waals surface area contributed by atoms with Crippen LogP contribution in [0.5, 0.6) is 0 Å². The molecule has 3 heterocycles. The normalized spacial score (nSPS) is 17.2. The van der Waals surface area contributed by atoms with Gasteiger partial charge in [0, 0.05) is 30.8 Å². The zero-order valence-electron chi connectivity index (χ0n) is 13.8. The van der Waals surface area contributed by atoms with E-state index in [2.05, 4.69) is 39.8 Å². The third-order valence-electron chi connectivity index (χ3n) is 4.40. The number of ether oxygens (including phenoxy) is 1. The molecule has 0 spiro atoms. The van der Waals surface area contributed by atoms with Crippen molar-refractivity contribution >= 4 is 23.0 Å². The minimum absolute atomic E-state index is 0.187. The molecule has 0 saturated carbocycles. The third kappa shape index (κ3) is 2.70. The number of fused-ring (bicyclic) bond motifs is 2. The van der Waals surface area contributed by atoms with Crippen molar-refractivity contribution in [3.8, 4) is 11.1 Å². The molecule has 1 N–H and O–H groups in total. The molecule has 1 aliphatic rings. The summed E-state index contributed by atoms with van der Waals surface area (Å²) in [6.07, 6.45) is 5.76. The van der Waals surface area contributed by atoms with Crippen LogP contribution in [0.1, 0.15) is 24.1 Å². The van der Waals surface area contributed by atoms with Gasteiger partial charge in [0.1, 0.15) is 0 Å². The lowest BCUT2D eigenvalue weighted by molar-refractivity contribution is 0.0892. The highest BCUT2D eigenvalue weighted by Gasteiger charge is 2.23. The first-order valence-corrected chi connectivity index (χ1v) is 9.09. The summed E-state index contributed by atoms with van der Waals surface area (Å²) < 4.78 is 11.4. The Hall–Kier alpha value is -1.89. The van der Waals surface area contributed by atoms with E-state index >= 15 is 0 Å². The molecule has 0 aliphatic carbocycles. The molecular formula is C18H20N4OS. The van der Waals surface area contributed by atoms with Crippen LogP contribution in [0.4, 0.5) is 0 Å². The number of imidazole rings is 1. The van der Waals surface area contributed by atoms with Gasteiger partial charge >= 0.3 is 0 Å². The van der Waals surface area contributed by atoms with Gasteiger partial charge < -0.3 is 9.30 Å². The predicted molar refractivity (Wildman–Crippen MR) is 97.6 cm³/mol. The highest BCUT2D eigenvalue weighted by atomic mass is 32.2. The Morgan fingerprint density at radius 1 is 1.38 bits per heavy atom. The fourth-order valence-corrected chi connectivity index (χ4v) is 3.72. The zero-order valence-corrected chi connectivity index (χ0v) is 14.6. The zero-order chi connectivity index (χ0) is 16.5. The molecule has 1 unspecified atom stereocenters. The van der Waals surface area contributed by atoms with Crippen LogP contribution in [-0.2, 0) is 18.4 Å². The van der Waals surface area contributed by atoms with Crippen molar-refractivity contribution in [1.82, 2.24) is 19.3 Å². The Balaban J connectivity index is 1.79. The van der Waals surface area contributed by atoms with E-state index in [1.807, 2.05) is 30.3 Å². The maximum absolute atomic E-state index is 5.84. The molecule has 0 amide bonds. The van der Waals surface area contributed by atoms with Gasteiger partial charge in [-0.25, -0.2) is 4.98 Å². The number of benzene rings is 1. The summed E-state index contributed by atoms with van der Waals surface area (Å²) >= 11 is 1.72. The molecule has 0 fully saturated rings. The Kier molecular flexibility index (Phi) is 4.26. The number of rotatable bonds is 4. The molecule has 4 rings (SSSR count). The Morgan fingerprint density at radius 2 is 2.29 bits per heavy atom. The van der Waals surface area contributed by atoms with E-state index in [1.165, 1.54) is 11.1 Å². The second kappa shape index (κ2) is 6.55. The van der Waals surface area contributed by atoms with Crippen molar-refractivity contribution in [2.75, 3.05) is 12.4 Å². The van der Waals surface area contributed by atoms with Gasteiger partial charge in [-0.1, -0.05) is 24.9 Å². The molecule has 3 aromatic rings. The number of hydrogen-bond acceptors (Lipinski definition) is 5. The smallest absolute Gasteiger partial charge is 0.0955 e. The van der Waals surface area contributed by atoms with Gasteiger partial charge in [0.05, 0.1) is 36.6 Å². The minimum Gasteiger partial charge on any atom is -0.375 e. The van der Waals surface area contributed by atoms with Gasteiger partial charge in [-0.2, -0.15) is 0 Å². The second-order valence-electron chi connectivity index (χ2n) is 5.93. The monoisotopic (exact) mass is 340 g/mol. The van der Waals surface area contributed by atoms with Crippen LogP contribution in [0.2, 0.25) is 0 Å². The van der Waals surface area contributed by atoms with E-state index < -0.39 is 0 Å². The maximum Gasteiger partial charge on any atom is 0.0955 e. The van der Waals surface area contributed by atoms with E-state index in [4.69, 9.17) is 4.74 Å². The van der Waals surface area contributed by atoms with Crippen molar-refractivity contribution in [3.05, 3.63) is 48.0 Å². The van der Waals surface area contributed by atoms with Crippen LogP contribution in [0.25, 0.3) is 22.2 Å². The van der Waals surface area contributed by atoms with Gasteiger partial charge in [-0.3, -0.25) is 9.71 Å². The Morgan fingerprint density at radius 3 is 3.17 bits per heavy atom. The standard InChI is InChI=1S/C18H20N4OS/c1-3-24-21-17-10-23-9-15-13(7-19-8-14(15)17)12-4-5-16-18(6-12)22(2)11-20-16/h4-8,11,17,21H,3,9-10H2,1-2H3. The average Bonchev–Trinajstić information content (AvgIpc) is 3.00. The van der Waals surface area contributed by atoms with E-state index in [1.54, 1.807) is 11.9 Å². The van der Waals surface area contributed by atoms with Gasteiger partial charge in [0.15, 0.2) is 0 Å². The lowest BCUT2D eigenvalue weighted by Crippen LogP contribution is -2.26. The first-order valence-electron chi connectivity index (χ1n) is 8.11. The molecule has 1 atom stereocenters. The molecule has 0 radical (unpaired) electrons. The number of aromatic nitrogens is 3.